The number of hydrogen-bond acceptors (Lipinski definition) is 3. The SMILES string of the molecule is CC(C)(C)OC(=O)NC(c1ccc(CO)cc1)c1ccc(F)c(F)c1. The third kappa shape index (κ3) is 5.26. The summed E-state index contributed by atoms with van der Waals surface area (Å²) >= 11 is 0. The summed E-state index contributed by atoms with van der Waals surface area (Å²) in [7, 11) is 0. The molecule has 0 aliphatic carbocycles. The number of amides is 1. The van der Waals surface area contributed by atoms with Gasteiger partial charge in [0.25, 0.3) is 0 Å². The molecule has 1 atom stereocenters. The summed E-state index contributed by atoms with van der Waals surface area (Å²) in [5, 5.41) is 11.8. The van der Waals surface area contributed by atoms with Crippen molar-refractivity contribution in [1.82, 2.24) is 5.32 Å². The fourth-order valence-electron chi connectivity index (χ4n) is 2.29. The van der Waals surface area contributed by atoms with Crippen LogP contribution in [0.15, 0.2) is 42.5 Å². The van der Waals surface area contributed by atoms with Crippen LogP contribution in [-0.2, 0) is 11.3 Å². The number of aliphatic hydroxyl groups excluding tert-OH is 1. The van der Waals surface area contributed by atoms with Gasteiger partial charge in [0.2, 0.25) is 0 Å². The van der Waals surface area contributed by atoms with Gasteiger partial charge in [0, 0.05) is 0 Å². The first kappa shape index (κ1) is 18.9. The molecule has 0 saturated carbocycles. The number of carbonyl (C=O) groups excluding carboxylic acids is 1. The predicted octanol–water partition coefficient (Wildman–Crippen LogP) is 4.07. The summed E-state index contributed by atoms with van der Waals surface area (Å²) < 4.78 is 32.1. The van der Waals surface area contributed by atoms with Gasteiger partial charge in [0.1, 0.15) is 5.60 Å². The van der Waals surface area contributed by atoms with Crippen LogP contribution in [0.4, 0.5) is 13.6 Å². The zero-order valence-electron chi connectivity index (χ0n) is 14.3. The molecule has 0 heterocycles. The molecule has 0 spiro atoms. The molecule has 2 rings (SSSR count). The van der Waals surface area contributed by atoms with Crippen molar-refractivity contribution in [3.63, 3.8) is 0 Å². The van der Waals surface area contributed by atoms with Crippen molar-refractivity contribution < 1.29 is 23.4 Å². The predicted molar refractivity (Wildman–Crippen MR) is 89.9 cm³/mol. The summed E-state index contributed by atoms with van der Waals surface area (Å²) in [6.45, 7) is 5.08. The number of rotatable bonds is 4. The minimum atomic E-state index is -1.000. The number of halogens is 2. The van der Waals surface area contributed by atoms with Gasteiger partial charge in [0.05, 0.1) is 12.6 Å². The highest BCUT2D eigenvalue weighted by Gasteiger charge is 2.22. The molecular formula is C19H21F2NO3. The number of benzene rings is 2. The summed E-state index contributed by atoms with van der Waals surface area (Å²) in [6.07, 6.45) is -0.673. The maximum Gasteiger partial charge on any atom is 0.408 e. The van der Waals surface area contributed by atoms with E-state index < -0.39 is 29.4 Å². The molecule has 4 nitrogen and oxygen atoms in total. The lowest BCUT2D eigenvalue weighted by molar-refractivity contribution is 0.0512. The van der Waals surface area contributed by atoms with Gasteiger partial charge in [-0.25, -0.2) is 13.6 Å². The van der Waals surface area contributed by atoms with Crippen LogP contribution in [0.5, 0.6) is 0 Å². The third-order valence-corrected chi connectivity index (χ3v) is 3.43. The van der Waals surface area contributed by atoms with Crippen molar-refractivity contribution in [3.05, 3.63) is 70.8 Å². The molecule has 2 aromatic rings. The van der Waals surface area contributed by atoms with Crippen molar-refractivity contribution in [3.8, 4) is 0 Å². The van der Waals surface area contributed by atoms with Gasteiger partial charge in [-0.15, -0.1) is 0 Å². The Bertz CT molecular complexity index is 739. The highest BCUT2D eigenvalue weighted by Crippen LogP contribution is 2.25. The molecule has 0 aromatic heterocycles. The zero-order chi connectivity index (χ0) is 18.6. The Balaban J connectivity index is 2.36. The quantitative estimate of drug-likeness (QED) is 0.875. The van der Waals surface area contributed by atoms with Gasteiger partial charge in [0.15, 0.2) is 11.6 Å². The summed E-state index contributed by atoms with van der Waals surface area (Å²) in [5.74, 6) is -1.96. The molecule has 0 radical (unpaired) electrons. The topological polar surface area (TPSA) is 58.6 Å². The van der Waals surface area contributed by atoms with Crippen LogP contribution in [-0.4, -0.2) is 16.8 Å². The second-order valence-corrected chi connectivity index (χ2v) is 6.65. The van der Waals surface area contributed by atoms with Gasteiger partial charge in [-0.2, -0.15) is 0 Å². The van der Waals surface area contributed by atoms with Crippen LogP contribution in [0.1, 0.15) is 43.5 Å². The van der Waals surface area contributed by atoms with E-state index in [1.807, 2.05) is 0 Å². The highest BCUT2D eigenvalue weighted by molar-refractivity contribution is 5.69. The van der Waals surface area contributed by atoms with Gasteiger partial charge in [-0.05, 0) is 49.6 Å². The summed E-state index contributed by atoms with van der Waals surface area (Å²) in [5.41, 5.74) is 1.03. The number of carbonyl (C=O) groups is 1. The van der Waals surface area contributed by atoms with Gasteiger partial charge < -0.3 is 15.2 Å². The molecule has 2 aromatic carbocycles. The van der Waals surface area contributed by atoms with Gasteiger partial charge in [-0.3, -0.25) is 0 Å². The van der Waals surface area contributed by atoms with Crippen molar-refractivity contribution in [2.24, 2.45) is 0 Å². The molecule has 2 N–H and O–H groups in total. The Hall–Kier alpha value is -2.47. The smallest absolute Gasteiger partial charge is 0.408 e. The molecule has 0 saturated heterocycles. The van der Waals surface area contributed by atoms with Crippen LogP contribution in [0.25, 0.3) is 0 Å². The Morgan fingerprint density at radius 3 is 2.20 bits per heavy atom. The largest absolute Gasteiger partial charge is 0.444 e. The lowest BCUT2D eigenvalue weighted by Crippen LogP contribution is -2.35. The highest BCUT2D eigenvalue weighted by atomic mass is 19.2. The standard InChI is InChI=1S/C19H21F2NO3/c1-19(2,3)25-18(24)22-17(13-6-4-12(11-23)5-7-13)14-8-9-15(20)16(21)10-14/h4-10,17,23H,11H2,1-3H3,(H,22,24). The number of hydrogen-bond donors (Lipinski definition) is 2. The molecule has 6 heteroatoms. The van der Waals surface area contributed by atoms with Crippen LogP contribution >= 0.6 is 0 Å². The van der Waals surface area contributed by atoms with E-state index in [9.17, 15) is 13.6 Å². The molecule has 0 fully saturated rings. The van der Waals surface area contributed by atoms with Crippen LogP contribution in [0.3, 0.4) is 0 Å². The van der Waals surface area contributed by atoms with E-state index in [0.717, 1.165) is 12.1 Å². The minimum absolute atomic E-state index is 0.115. The molecule has 0 aliphatic rings. The van der Waals surface area contributed by atoms with Crippen molar-refractivity contribution in [1.29, 1.82) is 0 Å². The molecule has 1 amide bonds. The van der Waals surface area contributed by atoms with E-state index in [1.165, 1.54) is 6.07 Å². The number of nitrogens with one attached hydrogen (secondary N) is 1. The second kappa shape index (κ2) is 7.61. The average molecular weight is 349 g/mol. The molecule has 134 valence electrons. The number of alkyl carbamates (subject to hydrolysis) is 1. The van der Waals surface area contributed by atoms with E-state index in [1.54, 1.807) is 45.0 Å². The molecule has 0 bridgehead atoms. The maximum absolute atomic E-state index is 13.6. The first-order chi connectivity index (χ1) is 11.7. The van der Waals surface area contributed by atoms with E-state index in [2.05, 4.69) is 5.32 Å². The van der Waals surface area contributed by atoms with Gasteiger partial charge >= 0.3 is 6.09 Å². The van der Waals surface area contributed by atoms with Crippen molar-refractivity contribution >= 4 is 6.09 Å². The fraction of sp³-hybridized carbons (Fsp3) is 0.316. The Kier molecular flexibility index (Phi) is 5.74. The minimum Gasteiger partial charge on any atom is -0.444 e. The first-order valence-electron chi connectivity index (χ1n) is 7.84. The molecule has 0 aliphatic heterocycles. The summed E-state index contributed by atoms with van der Waals surface area (Å²) in [6, 6.07) is 9.52. The van der Waals surface area contributed by atoms with Crippen LogP contribution in [0.2, 0.25) is 0 Å². The van der Waals surface area contributed by atoms with Crippen molar-refractivity contribution in [2.75, 3.05) is 0 Å². The van der Waals surface area contributed by atoms with E-state index in [0.29, 0.717) is 16.7 Å². The molecular weight excluding hydrogens is 328 g/mol. The van der Waals surface area contributed by atoms with E-state index in [-0.39, 0.29) is 6.61 Å². The Morgan fingerprint density at radius 2 is 1.68 bits per heavy atom. The summed E-state index contributed by atoms with van der Waals surface area (Å²) in [4.78, 5) is 12.1. The van der Waals surface area contributed by atoms with Gasteiger partial charge in [-0.1, -0.05) is 30.3 Å². The first-order valence-corrected chi connectivity index (χ1v) is 7.84. The second-order valence-electron chi connectivity index (χ2n) is 6.65. The van der Waals surface area contributed by atoms with E-state index in [4.69, 9.17) is 9.84 Å². The molecule has 1 unspecified atom stereocenters. The number of aliphatic hydroxyl groups is 1. The lowest BCUT2D eigenvalue weighted by atomic mass is 9.97. The normalized spacial score (nSPS) is 12.6. The van der Waals surface area contributed by atoms with Crippen LogP contribution < -0.4 is 5.32 Å². The monoisotopic (exact) mass is 349 g/mol. The van der Waals surface area contributed by atoms with Crippen molar-refractivity contribution in [2.45, 2.75) is 39.0 Å². The molecule has 25 heavy (non-hydrogen) atoms. The average Bonchev–Trinajstić information content (AvgIpc) is 2.54. The Morgan fingerprint density at radius 1 is 1.08 bits per heavy atom. The third-order valence-electron chi connectivity index (χ3n) is 3.43. The van der Waals surface area contributed by atoms with Crippen LogP contribution in [0, 0.1) is 11.6 Å². The maximum atomic E-state index is 13.6. The number of ether oxygens (including phenoxy) is 1. The van der Waals surface area contributed by atoms with E-state index >= 15 is 0 Å². The lowest BCUT2D eigenvalue weighted by Gasteiger charge is -2.24. The fourth-order valence-corrected chi connectivity index (χ4v) is 2.29. The zero-order valence-corrected chi connectivity index (χ0v) is 14.3. The Labute approximate surface area is 145 Å².